The molecule has 142 valence electrons. The van der Waals surface area contributed by atoms with E-state index < -0.39 is 17.4 Å². The van der Waals surface area contributed by atoms with Crippen LogP contribution in [0, 0.1) is 5.92 Å². The average molecular weight is 362 g/mol. The summed E-state index contributed by atoms with van der Waals surface area (Å²) in [6.45, 7) is 11.5. The number of hydrogen-bond acceptors (Lipinski definition) is 4. The van der Waals surface area contributed by atoms with Gasteiger partial charge in [-0.3, -0.25) is 0 Å². The number of rotatable bonds is 5. The van der Waals surface area contributed by atoms with Gasteiger partial charge in [0.2, 0.25) is 5.83 Å². The highest BCUT2D eigenvalue weighted by Crippen LogP contribution is 2.44. The zero-order chi connectivity index (χ0) is 19.6. The van der Waals surface area contributed by atoms with E-state index in [-0.39, 0.29) is 18.1 Å². The molecule has 1 aliphatic rings. The van der Waals surface area contributed by atoms with E-state index in [9.17, 15) is 9.18 Å². The predicted molar refractivity (Wildman–Crippen MR) is 101 cm³/mol. The highest BCUT2D eigenvalue weighted by atomic mass is 19.1. The Bertz CT molecular complexity index is 772. The summed E-state index contributed by atoms with van der Waals surface area (Å²) in [5.74, 6) is -0.496. The number of carbonyl (C=O) groups is 1. The van der Waals surface area contributed by atoms with Gasteiger partial charge in [0.05, 0.1) is 13.7 Å². The van der Waals surface area contributed by atoms with Gasteiger partial charge in [0.25, 0.3) is 0 Å². The van der Waals surface area contributed by atoms with E-state index in [0.717, 1.165) is 11.1 Å². The Morgan fingerprint density at radius 2 is 1.96 bits per heavy atom. The molecule has 0 spiro atoms. The standard InChI is InChI=1S/C21H27FO4/c1-8-25-20(23)19(22)13(4)14-9-15-16(12(2)3)11-21(5,6)26-18(15)10-17(14)24-7/h9-12H,8H2,1-7H3/b19-13+. The largest absolute Gasteiger partial charge is 0.496 e. The number of benzene rings is 1. The van der Waals surface area contributed by atoms with Crippen LogP contribution >= 0.6 is 0 Å². The summed E-state index contributed by atoms with van der Waals surface area (Å²) in [5, 5.41) is 0. The summed E-state index contributed by atoms with van der Waals surface area (Å²) in [6, 6.07) is 3.58. The zero-order valence-corrected chi connectivity index (χ0v) is 16.5. The third kappa shape index (κ3) is 3.92. The molecule has 0 saturated carbocycles. The maximum Gasteiger partial charge on any atom is 0.367 e. The first-order chi connectivity index (χ1) is 12.1. The second-order valence-electron chi connectivity index (χ2n) is 7.17. The molecule has 0 bridgehead atoms. The molecule has 0 saturated heterocycles. The van der Waals surface area contributed by atoms with Gasteiger partial charge in [0, 0.05) is 22.8 Å². The number of halogens is 1. The van der Waals surface area contributed by atoms with Crippen LogP contribution in [0.25, 0.3) is 11.1 Å². The molecule has 5 heteroatoms. The SMILES string of the molecule is CCOC(=O)/C(F)=C(/C)c1cc2c(cc1OC)OC(C)(C)C=C2C(C)C. The van der Waals surface area contributed by atoms with E-state index in [1.165, 1.54) is 7.11 Å². The Morgan fingerprint density at radius 3 is 2.50 bits per heavy atom. The van der Waals surface area contributed by atoms with Crippen LogP contribution in [0.1, 0.15) is 52.7 Å². The molecule has 4 nitrogen and oxygen atoms in total. The second-order valence-corrected chi connectivity index (χ2v) is 7.17. The zero-order valence-electron chi connectivity index (χ0n) is 16.5. The Kier molecular flexibility index (Phi) is 5.79. The molecule has 1 aromatic carbocycles. The molecule has 1 aromatic rings. The summed E-state index contributed by atoms with van der Waals surface area (Å²) in [5.41, 5.74) is 2.23. The summed E-state index contributed by atoms with van der Waals surface area (Å²) in [4.78, 5) is 11.8. The van der Waals surface area contributed by atoms with E-state index in [4.69, 9.17) is 14.2 Å². The van der Waals surface area contributed by atoms with Gasteiger partial charge in [-0.1, -0.05) is 13.8 Å². The fourth-order valence-electron chi connectivity index (χ4n) is 3.04. The molecule has 2 rings (SSSR count). The number of ether oxygens (including phenoxy) is 3. The first kappa shape index (κ1) is 20.0. The topological polar surface area (TPSA) is 44.8 Å². The number of methoxy groups -OCH3 is 1. The first-order valence-electron chi connectivity index (χ1n) is 8.79. The number of hydrogen-bond donors (Lipinski definition) is 0. The molecule has 0 N–H and O–H groups in total. The Morgan fingerprint density at radius 1 is 1.31 bits per heavy atom. The van der Waals surface area contributed by atoms with Gasteiger partial charge >= 0.3 is 5.97 Å². The van der Waals surface area contributed by atoms with Crippen LogP contribution in [0.4, 0.5) is 4.39 Å². The van der Waals surface area contributed by atoms with E-state index in [0.29, 0.717) is 17.1 Å². The number of carbonyl (C=O) groups excluding carboxylic acids is 1. The van der Waals surface area contributed by atoms with Crippen molar-refractivity contribution in [2.24, 2.45) is 5.92 Å². The van der Waals surface area contributed by atoms with Crippen LogP contribution in [0.2, 0.25) is 0 Å². The van der Waals surface area contributed by atoms with Gasteiger partial charge in [0.15, 0.2) is 0 Å². The quantitative estimate of drug-likeness (QED) is 0.535. The lowest BCUT2D eigenvalue weighted by molar-refractivity contribution is -0.140. The van der Waals surface area contributed by atoms with Crippen LogP contribution in [0.3, 0.4) is 0 Å². The van der Waals surface area contributed by atoms with E-state index >= 15 is 0 Å². The minimum atomic E-state index is -0.971. The molecule has 1 heterocycles. The van der Waals surface area contributed by atoms with Crippen LogP contribution in [-0.2, 0) is 9.53 Å². The van der Waals surface area contributed by atoms with Gasteiger partial charge in [-0.2, -0.15) is 4.39 Å². The first-order valence-corrected chi connectivity index (χ1v) is 8.79. The summed E-state index contributed by atoms with van der Waals surface area (Å²) < 4.78 is 30.8. The molecule has 0 aromatic heterocycles. The van der Waals surface area contributed by atoms with E-state index in [2.05, 4.69) is 19.9 Å². The van der Waals surface area contributed by atoms with Gasteiger partial charge < -0.3 is 14.2 Å². The average Bonchev–Trinajstić information content (AvgIpc) is 2.57. The van der Waals surface area contributed by atoms with Gasteiger partial charge in [0.1, 0.15) is 17.1 Å². The van der Waals surface area contributed by atoms with Crippen molar-refractivity contribution in [1.82, 2.24) is 0 Å². The molecule has 0 radical (unpaired) electrons. The lowest BCUT2D eigenvalue weighted by Crippen LogP contribution is -2.29. The van der Waals surface area contributed by atoms with Crippen molar-refractivity contribution in [2.75, 3.05) is 13.7 Å². The highest BCUT2D eigenvalue weighted by Gasteiger charge is 2.30. The molecule has 26 heavy (non-hydrogen) atoms. The summed E-state index contributed by atoms with van der Waals surface area (Å²) in [6.07, 6.45) is 2.08. The molecule has 0 atom stereocenters. The molecular formula is C21H27FO4. The van der Waals surface area contributed by atoms with Crippen molar-refractivity contribution in [3.05, 3.63) is 35.2 Å². The Hall–Kier alpha value is -2.30. The fraction of sp³-hybridized carbons (Fsp3) is 0.476. The Labute approximate surface area is 154 Å². The van der Waals surface area contributed by atoms with Gasteiger partial charge in [-0.15, -0.1) is 0 Å². The highest BCUT2D eigenvalue weighted by molar-refractivity contribution is 5.96. The number of fused-ring (bicyclic) bond motifs is 1. The number of esters is 1. The predicted octanol–water partition coefficient (Wildman–Crippen LogP) is 5.17. The minimum Gasteiger partial charge on any atom is -0.496 e. The van der Waals surface area contributed by atoms with E-state index in [1.807, 2.05) is 19.9 Å². The van der Waals surface area contributed by atoms with Crippen LogP contribution < -0.4 is 9.47 Å². The maximum atomic E-state index is 14.5. The monoisotopic (exact) mass is 362 g/mol. The van der Waals surface area contributed by atoms with Crippen molar-refractivity contribution in [2.45, 2.75) is 47.1 Å². The van der Waals surface area contributed by atoms with Crippen molar-refractivity contribution >= 4 is 17.1 Å². The minimum absolute atomic E-state index is 0.115. The second kappa shape index (κ2) is 7.52. The molecule has 0 amide bonds. The Balaban J connectivity index is 2.66. The summed E-state index contributed by atoms with van der Waals surface area (Å²) in [7, 11) is 1.51. The van der Waals surface area contributed by atoms with Crippen LogP contribution in [0.15, 0.2) is 24.0 Å². The van der Waals surface area contributed by atoms with Crippen LogP contribution in [0.5, 0.6) is 11.5 Å². The van der Waals surface area contributed by atoms with Gasteiger partial charge in [-0.25, -0.2) is 4.79 Å². The number of allylic oxidation sites excluding steroid dienone is 2. The van der Waals surface area contributed by atoms with Crippen molar-refractivity contribution < 1.29 is 23.4 Å². The maximum absolute atomic E-state index is 14.5. The fourth-order valence-corrected chi connectivity index (χ4v) is 3.04. The van der Waals surface area contributed by atoms with Crippen molar-refractivity contribution in [3.8, 4) is 11.5 Å². The smallest absolute Gasteiger partial charge is 0.367 e. The molecule has 1 aliphatic heterocycles. The molecule has 0 aliphatic carbocycles. The third-order valence-corrected chi connectivity index (χ3v) is 4.30. The lowest BCUT2D eigenvalue weighted by Gasteiger charge is -2.33. The van der Waals surface area contributed by atoms with Crippen LogP contribution in [-0.4, -0.2) is 25.3 Å². The molecule has 0 unspecified atom stereocenters. The third-order valence-electron chi connectivity index (χ3n) is 4.30. The summed E-state index contributed by atoms with van der Waals surface area (Å²) >= 11 is 0. The van der Waals surface area contributed by atoms with Crippen molar-refractivity contribution in [1.29, 1.82) is 0 Å². The normalized spacial score (nSPS) is 16.3. The molecule has 0 fully saturated rings. The lowest BCUT2D eigenvalue weighted by atomic mass is 9.86. The molecular weight excluding hydrogens is 335 g/mol. The van der Waals surface area contributed by atoms with Crippen molar-refractivity contribution in [3.63, 3.8) is 0 Å². The van der Waals surface area contributed by atoms with Gasteiger partial charge in [-0.05, 0) is 51.3 Å². The van der Waals surface area contributed by atoms with E-state index in [1.54, 1.807) is 19.9 Å².